The third kappa shape index (κ3) is 3.80. The minimum atomic E-state index is -3.60. The number of amides is 1. The lowest BCUT2D eigenvalue weighted by molar-refractivity contribution is -0.132. The van der Waals surface area contributed by atoms with Crippen LogP contribution in [0.4, 0.5) is 0 Å². The van der Waals surface area contributed by atoms with Gasteiger partial charge in [0, 0.05) is 32.6 Å². The number of nitrogens with zero attached hydrogens (tertiary/aromatic N) is 2. The van der Waals surface area contributed by atoms with E-state index in [1.54, 1.807) is 23.1 Å². The Labute approximate surface area is 136 Å². The quantitative estimate of drug-likeness (QED) is 0.824. The number of halogens is 1. The highest BCUT2D eigenvalue weighted by Gasteiger charge is 2.30. The summed E-state index contributed by atoms with van der Waals surface area (Å²) in [6, 6.07) is 6.43. The molecule has 0 saturated carbocycles. The maximum atomic E-state index is 12.6. The standard InChI is InChI=1S/C15H21ClN2O3S/c1-2-3-8-15(19)17-9-11-18(12-10-17)22(20,21)14-7-5-4-6-13(14)16/h4-7H,2-3,8-12H2,1H3. The second-order valence-corrected chi connectivity index (χ2v) is 7.63. The first-order valence-electron chi connectivity index (χ1n) is 7.49. The molecular formula is C15H21ClN2O3S. The Kier molecular flexibility index (Phi) is 5.83. The average Bonchev–Trinajstić information content (AvgIpc) is 2.53. The zero-order valence-electron chi connectivity index (χ0n) is 12.7. The van der Waals surface area contributed by atoms with Gasteiger partial charge in [0.2, 0.25) is 15.9 Å². The molecule has 0 N–H and O–H groups in total. The van der Waals surface area contributed by atoms with Gasteiger partial charge in [-0.25, -0.2) is 8.42 Å². The van der Waals surface area contributed by atoms with E-state index >= 15 is 0 Å². The predicted octanol–water partition coefficient (Wildman–Crippen LogP) is 2.36. The summed E-state index contributed by atoms with van der Waals surface area (Å²) in [5.74, 6) is 0.108. The van der Waals surface area contributed by atoms with Crippen LogP contribution in [0.2, 0.25) is 5.02 Å². The van der Waals surface area contributed by atoms with Crippen LogP contribution >= 0.6 is 11.6 Å². The minimum Gasteiger partial charge on any atom is -0.340 e. The van der Waals surface area contributed by atoms with Crippen LogP contribution in [0.15, 0.2) is 29.2 Å². The number of hydrogen-bond donors (Lipinski definition) is 0. The number of rotatable bonds is 5. The number of carbonyl (C=O) groups excluding carboxylic acids is 1. The van der Waals surface area contributed by atoms with Gasteiger partial charge in [-0.2, -0.15) is 4.31 Å². The van der Waals surface area contributed by atoms with E-state index < -0.39 is 10.0 Å². The van der Waals surface area contributed by atoms with Crippen molar-refractivity contribution in [3.63, 3.8) is 0 Å². The lowest BCUT2D eigenvalue weighted by Gasteiger charge is -2.34. The van der Waals surface area contributed by atoms with Gasteiger partial charge in [-0.15, -0.1) is 0 Å². The van der Waals surface area contributed by atoms with E-state index in [-0.39, 0.29) is 15.8 Å². The van der Waals surface area contributed by atoms with E-state index in [9.17, 15) is 13.2 Å². The fourth-order valence-electron chi connectivity index (χ4n) is 2.46. The van der Waals surface area contributed by atoms with Crippen molar-refractivity contribution >= 4 is 27.5 Å². The molecule has 1 aromatic carbocycles. The molecule has 122 valence electrons. The van der Waals surface area contributed by atoms with E-state index in [1.165, 1.54) is 10.4 Å². The van der Waals surface area contributed by atoms with Crippen LogP contribution < -0.4 is 0 Å². The normalized spacial score (nSPS) is 16.7. The van der Waals surface area contributed by atoms with Gasteiger partial charge in [-0.05, 0) is 18.6 Å². The van der Waals surface area contributed by atoms with E-state index in [0.717, 1.165) is 12.8 Å². The summed E-state index contributed by atoms with van der Waals surface area (Å²) in [5.41, 5.74) is 0. The number of sulfonamides is 1. The first-order valence-corrected chi connectivity index (χ1v) is 9.31. The van der Waals surface area contributed by atoms with Crippen LogP contribution in [-0.2, 0) is 14.8 Å². The second kappa shape index (κ2) is 7.44. The van der Waals surface area contributed by atoms with Gasteiger partial charge in [0.15, 0.2) is 0 Å². The molecule has 0 aromatic heterocycles. The fraction of sp³-hybridized carbons (Fsp3) is 0.533. The maximum Gasteiger partial charge on any atom is 0.244 e. The molecule has 1 aromatic rings. The second-order valence-electron chi connectivity index (χ2n) is 5.32. The van der Waals surface area contributed by atoms with Crippen LogP contribution in [0.5, 0.6) is 0 Å². The average molecular weight is 345 g/mol. The van der Waals surface area contributed by atoms with Crippen molar-refractivity contribution in [1.82, 2.24) is 9.21 Å². The molecule has 1 heterocycles. The highest BCUT2D eigenvalue weighted by Crippen LogP contribution is 2.25. The molecule has 2 rings (SSSR count). The topological polar surface area (TPSA) is 57.7 Å². The first-order chi connectivity index (χ1) is 10.5. The molecule has 0 unspecified atom stereocenters. The van der Waals surface area contributed by atoms with Gasteiger partial charge in [0.25, 0.3) is 0 Å². The third-order valence-electron chi connectivity index (χ3n) is 3.79. The molecule has 0 radical (unpaired) electrons. The monoisotopic (exact) mass is 344 g/mol. The van der Waals surface area contributed by atoms with Crippen LogP contribution in [0.3, 0.4) is 0 Å². The molecule has 1 amide bonds. The zero-order valence-corrected chi connectivity index (χ0v) is 14.2. The number of piperazine rings is 1. The third-order valence-corrected chi connectivity index (χ3v) is 6.19. The summed E-state index contributed by atoms with van der Waals surface area (Å²) in [6.45, 7) is 3.54. The largest absolute Gasteiger partial charge is 0.340 e. The predicted molar refractivity (Wildman–Crippen MR) is 86.3 cm³/mol. The smallest absolute Gasteiger partial charge is 0.244 e. The van der Waals surface area contributed by atoms with Gasteiger partial charge in [0.05, 0.1) is 5.02 Å². The van der Waals surface area contributed by atoms with Gasteiger partial charge in [-0.1, -0.05) is 37.1 Å². The van der Waals surface area contributed by atoms with Crippen molar-refractivity contribution in [3.05, 3.63) is 29.3 Å². The van der Waals surface area contributed by atoms with Crippen molar-refractivity contribution in [1.29, 1.82) is 0 Å². The van der Waals surface area contributed by atoms with Gasteiger partial charge in [-0.3, -0.25) is 4.79 Å². The Morgan fingerprint density at radius 3 is 2.41 bits per heavy atom. The van der Waals surface area contributed by atoms with Crippen LogP contribution in [-0.4, -0.2) is 49.7 Å². The van der Waals surface area contributed by atoms with Crippen LogP contribution in [0.25, 0.3) is 0 Å². The molecule has 0 spiro atoms. The van der Waals surface area contributed by atoms with Gasteiger partial charge in [0.1, 0.15) is 4.90 Å². The van der Waals surface area contributed by atoms with Crippen LogP contribution in [0.1, 0.15) is 26.2 Å². The molecule has 22 heavy (non-hydrogen) atoms. The molecule has 7 heteroatoms. The Bertz CT molecular complexity index is 625. The fourth-order valence-corrected chi connectivity index (χ4v) is 4.37. The van der Waals surface area contributed by atoms with Crippen LogP contribution in [0, 0.1) is 0 Å². The van der Waals surface area contributed by atoms with Crippen molar-refractivity contribution in [2.75, 3.05) is 26.2 Å². The first kappa shape index (κ1) is 17.2. The van der Waals surface area contributed by atoms with Gasteiger partial charge >= 0.3 is 0 Å². The van der Waals surface area contributed by atoms with Crippen molar-refractivity contribution in [2.24, 2.45) is 0 Å². The summed E-state index contributed by atoms with van der Waals surface area (Å²) < 4.78 is 26.6. The Morgan fingerprint density at radius 1 is 1.18 bits per heavy atom. The molecule has 0 aliphatic carbocycles. The van der Waals surface area contributed by atoms with Gasteiger partial charge < -0.3 is 4.90 Å². The van der Waals surface area contributed by atoms with Crippen molar-refractivity contribution < 1.29 is 13.2 Å². The number of hydrogen-bond acceptors (Lipinski definition) is 3. The molecule has 1 fully saturated rings. The molecule has 1 aliphatic heterocycles. The zero-order chi connectivity index (χ0) is 16.2. The highest BCUT2D eigenvalue weighted by atomic mass is 35.5. The molecule has 5 nitrogen and oxygen atoms in total. The highest BCUT2D eigenvalue weighted by molar-refractivity contribution is 7.89. The summed E-state index contributed by atoms with van der Waals surface area (Å²) in [7, 11) is -3.60. The van der Waals surface area contributed by atoms with E-state index in [2.05, 4.69) is 0 Å². The molecule has 0 atom stereocenters. The number of benzene rings is 1. The molecule has 1 aliphatic rings. The number of carbonyl (C=O) groups is 1. The minimum absolute atomic E-state index is 0.108. The van der Waals surface area contributed by atoms with E-state index in [1.807, 2.05) is 6.92 Å². The lowest BCUT2D eigenvalue weighted by Crippen LogP contribution is -2.50. The SMILES string of the molecule is CCCCC(=O)N1CCN(S(=O)(=O)c2ccccc2Cl)CC1. The summed E-state index contributed by atoms with van der Waals surface area (Å²) in [5, 5.41) is 0.226. The Morgan fingerprint density at radius 2 is 1.82 bits per heavy atom. The molecule has 0 bridgehead atoms. The summed E-state index contributed by atoms with van der Waals surface area (Å²) in [6.07, 6.45) is 2.39. The Hall–Kier alpha value is -1.11. The molecule has 1 saturated heterocycles. The summed E-state index contributed by atoms with van der Waals surface area (Å²) in [4.78, 5) is 13.8. The van der Waals surface area contributed by atoms with E-state index in [4.69, 9.17) is 11.6 Å². The maximum absolute atomic E-state index is 12.6. The van der Waals surface area contributed by atoms with E-state index in [0.29, 0.717) is 32.6 Å². The lowest BCUT2D eigenvalue weighted by atomic mass is 10.2. The van der Waals surface area contributed by atoms with Crippen molar-refractivity contribution in [3.8, 4) is 0 Å². The summed E-state index contributed by atoms with van der Waals surface area (Å²) >= 11 is 5.99. The number of unbranched alkanes of at least 4 members (excludes halogenated alkanes) is 1. The molecular weight excluding hydrogens is 324 g/mol. The Balaban J connectivity index is 2.02. The van der Waals surface area contributed by atoms with Crippen molar-refractivity contribution in [2.45, 2.75) is 31.1 Å².